The number of ether oxygens (including phenoxy) is 1. The van der Waals surface area contributed by atoms with Gasteiger partial charge in [0.2, 0.25) is 15.9 Å². The predicted molar refractivity (Wildman–Crippen MR) is 96.9 cm³/mol. The minimum Gasteiger partial charge on any atom is -0.497 e. The van der Waals surface area contributed by atoms with E-state index in [0.29, 0.717) is 31.1 Å². The molecule has 0 radical (unpaired) electrons. The number of sulfonamides is 1. The maximum atomic E-state index is 12.8. The van der Waals surface area contributed by atoms with E-state index in [-0.39, 0.29) is 29.3 Å². The van der Waals surface area contributed by atoms with Gasteiger partial charge in [-0.05, 0) is 49.9 Å². The van der Waals surface area contributed by atoms with E-state index >= 15 is 0 Å². The number of carbonyl (C=O) groups is 1. The quantitative estimate of drug-likeness (QED) is 0.836. The van der Waals surface area contributed by atoms with Crippen LogP contribution in [0.2, 0.25) is 0 Å². The summed E-state index contributed by atoms with van der Waals surface area (Å²) >= 11 is 0. The molecule has 1 aliphatic heterocycles. The summed E-state index contributed by atoms with van der Waals surface area (Å²) in [5.74, 6) is 0.586. The molecule has 0 aliphatic carbocycles. The lowest BCUT2D eigenvalue weighted by atomic mass is 9.97. The maximum Gasteiger partial charge on any atom is 0.243 e. The fourth-order valence-electron chi connectivity index (χ4n) is 2.78. The Bertz CT molecular complexity index is 686. The SMILES string of the molecule is COc1ccc(S(=O)(=O)N2CCC[C@H](C(=O)N[C@@H](C)C(C)C)C2)cc1. The van der Waals surface area contributed by atoms with Crippen LogP contribution >= 0.6 is 0 Å². The van der Waals surface area contributed by atoms with E-state index in [0.717, 1.165) is 0 Å². The van der Waals surface area contributed by atoms with Gasteiger partial charge in [0.25, 0.3) is 0 Å². The van der Waals surface area contributed by atoms with Gasteiger partial charge in [-0.25, -0.2) is 8.42 Å². The van der Waals surface area contributed by atoms with Crippen LogP contribution < -0.4 is 10.1 Å². The van der Waals surface area contributed by atoms with Crippen molar-refractivity contribution in [2.24, 2.45) is 11.8 Å². The maximum absolute atomic E-state index is 12.8. The van der Waals surface area contributed by atoms with E-state index < -0.39 is 10.0 Å². The van der Waals surface area contributed by atoms with Gasteiger partial charge >= 0.3 is 0 Å². The third-order valence-corrected chi connectivity index (χ3v) is 6.70. The molecular formula is C18H28N2O4S. The Morgan fingerprint density at radius 1 is 1.24 bits per heavy atom. The lowest BCUT2D eigenvalue weighted by Crippen LogP contribution is -2.47. The zero-order chi connectivity index (χ0) is 18.6. The Morgan fingerprint density at radius 3 is 2.44 bits per heavy atom. The molecule has 1 amide bonds. The molecule has 1 N–H and O–H groups in total. The molecule has 1 aromatic carbocycles. The summed E-state index contributed by atoms with van der Waals surface area (Å²) in [4.78, 5) is 12.7. The summed E-state index contributed by atoms with van der Waals surface area (Å²) in [6.45, 7) is 6.73. The predicted octanol–water partition coefficient (Wildman–Crippen LogP) is 2.26. The number of hydrogen-bond acceptors (Lipinski definition) is 4. The third-order valence-electron chi connectivity index (χ3n) is 4.82. The molecule has 1 aliphatic rings. The van der Waals surface area contributed by atoms with Crippen molar-refractivity contribution in [1.29, 1.82) is 0 Å². The van der Waals surface area contributed by atoms with Crippen molar-refractivity contribution in [1.82, 2.24) is 9.62 Å². The van der Waals surface area contributed by atoms with Crippen LogP contribution in [0.1, 0.15) is 33.6 Å². The molecule has 2 atom stereocenters. The topological polar surface area (TPSA) is 75.7 Å². The number of carbonyl (C=O) groups excluding carboxylic acids is 1. The molecule has 2 rings (SSSR count). The Kier molecular flexibility index (Phi) is 6.46. The Hall–Kier alpha value is -1.60. The molecule has 1 aromatic rings. The summed E-state index contributed by atoms with van der Waals surface area (Å²) in [6, 6.07) is 6.41. The third kappa shape index (κ3) is 4.73. The highest BCUT2D eigenvalue weighted by molar-refractivity contribution is 7.89. The largest absolute Gasteiger partial charge is 0.497 e. The van der Waals surface area contributed by atoms with Crippen LogP contribution in [-0.4, -0.2) is 44.9 Å². The van der Waals surface area contributed by atoms with Crippen molar-refractivity contribution in [2.75, 3.05) is 20.2 Å². The van der Waals surface area contributed by atoms with E-state index in [4.69, 9.17) is 4.74 Å². The molecule has 1 saturated heterocycles. The summed E-state index contributed by atoms with van der Waals surface area (Å²) in [7, 11) is -2.06. The van der Waals surface area contributed by atoms with Crippen LogP contribution in [0.3, 0.4) is 0 Å². The van der Waals surface area contributed by atoms with E-state index in [2.05, 4.69) is 5.32 Å². The number of nitrogens with zero attached hydrogens (tertiary/aromatic N) is 1. The zero-order valence-electron chi connectivity index (χ0n) is 15.4. The van der Waals surface area contributed by atoms with Crippen LogP contribution in [0.25, 0.3) is 0 Å². The molecule has 0 aromatic heterocycles. The highest BCUT2D eigenvalue weighted by atomic mass is 32.2. The van der Waals surface area contributed by atoms with E-state index in [1.807, 2.05) is 20.8 Å². The number of methoxy groups -OCH3 is 1. The first kappa shape index (κ1) is 19.7. The second kappa shape index (κ2) is 8.19. The monoisotopic (exact) mass is 368 g/mol. The molecule has 6 nitrogen and oxygen atoms in total. The van der Waals surface area contributed by atoms with E-state index in [1.54, 1.807) is 24.3 Å². The molecular weight excluding hydrogens is 340 g/mol. The molecule has 1 heterocycles. The normalized spacial score (nSPS) is 20.3. The summed E-state index contributed by atoms with van der Waals surface area (Å²) in [6.07, 6.45) is 1.40. The second-order valence-corrected chi connectivity index (χ2v) is 8.86. The second-order valence-electron chi connectivity index (χ2n) is 6.92. The number of rotatable bonds is 6. The van der Waals surface area contributed by atoms with E-state index in [1.165, 1.54) is 11.4 Å². The molecule has 140 valence electrons. The molecule has 0 saturated carbocycles. The lowest BCUT2D eigenvalue weighted by Gasteiger charge is -2.32. The van der Waals surface area contributed by atoms with Gasteiger partial charge < -0.3 is 10.1 Å². The average molecular weight is 368 g/mol. The van der Waals surface area contributed by atoms with Gasteiger partial charge in [-0.15, -0.1) is 0 Å². The Labute approximate surface area is 150 Å². The minimum absolute atomic E-state index is 0.0594. The summed E-state index contributed by atoms with van der Waals surface area (Å²) in [5, 5.41) is 3.00. The Balaban J connectivity index is 2.09. The zero-order valence-corrected chi connectivity index (χ0v) is 16.2. The highest BCUT2D eigenvalue weighted by Gasteiger charge is 2.33. The average Bonchev–Trinajstić information content (AvgIpc) is 2.61. The van der Waals surface area contributed by atoms with Gasteiger partial charge in [0.15, 0.2) is 0 Å². The fraction of sp³-hybridized carbons (Fsp3) is 0.611. The highest BCUT2D eigenvalue weighted by Crippen LogP contribution is 2.25. The molecule has 7 heteroatoms. The van der Waals surface area contributed by atoms with Gasteiger partial charge in [-0.2, -0.15) is 4.31 Å². The van der Waals surface area contributed by atoms with Crippen molar-refractivity contribution >= 4 is 15.9 Å². The van der Waals surface area contributed by atoms with Gasteiger partial charge in [0, 0.05) is 19.1 Å². The number of hydrogen-bond donors (Lipinski definition) is 1. The summed E-state index contributed by atoms with van der Waals surface area (Å²) < 4.78 is 32.2. The van der Waals surface area contributed by atoms with Gasteiger partial charge in [0.1, 0.15) is 5.75 Å². The molecule has 1 fully saturated rings. The minimum atomic E-state index is -3.60. The standard InChI is InChI=1S/C18H28N2O4S/c1-13(2)14(3)19-18(21)15-6-5-11-20(12-15)25(22,23)17-9-7-16(24-4)8-10-17/h7-10,13-15H,5-6,11-12H2,1-4H3,(H,19,21)/t14-,15-/m0/s1. The summed E-state index contributed by atoms with van der Waals surface area (Å²) in [5.41, 5.74) is 0. The van der Waals surface area contributed by atoms with Crippen LogP contribution in [0.4, 0.5) is 0 Å². The van der Waals surface area contributed by atoms with Crippen molar-refractivity contribution in [3.8, 4) is 5.75 Å². The lowest BCUT2D eigenvalue weighted by molar-refractivity contribution is -0.127. The molecule has 0 spiro atoms. The van der Waals surface area contributed by atoms with Crippen molar-refractivity contribution in [3.63, 3.8) is 0 Å². The van der Waals surface area contributed by atoms with Gasteiger partial charge in [-0.3, -0.25) is 4.79 Å². The fourth-order valence-corrected chi connectivity index (χ4v) is 4.30. The van der Waals surface area contributed by atoms with Crippen LogP contribution in [-0.2, 0) is 14.8 Å². The van der Waals surface area contributed by atoms with Crippen molar-refractivity contribution < 1.29 is 17.9 Å². The molecule has 0 bridgehead atoms. The van der Waals surface area contributed by atoms with Gasteiger partial charge in [-0.1, -0.05) is 13.8 Å². The smallest absolute Gasteiger partial charge is 0.243 e. The first-order chi connectivity index (χ1) is 11.8. The number of benzene rings is 1. The molecule has 0 unspecified atom stereocenters. The first-order valence-corrected chi connectivity index (χ1v) is 10.1. The van der Waals surface area contributed by atoms with Crippen LogP contribution in [0.5, 0.6) is 5.75 Å². The number of amides is 1. The van der Waals surface area contributed by atoms with Crippen LogP contribution in [0, 0.1) is 11.8 Å². The van der Waals surface area contributed by atoms with Crippen LogP contribution in [0.15, 0.2) is 29.2 Å². The number of nitrogens with one attached hydrogen (secondary N) is 1. The van der Waals surface area contributed by atoms with Crippen molar-refractivity contribution in [2.45, 2.75) is 44.6 Å². The first-order valence-electron chi connectivity index (χ1n) is 8.70. The number of piperidine rings is 1. The Morgan fingerprint density at radius 2 is 1.88 bits per heavy atom. The van der Waals surface area contributed by atoms with Gasteiger partial charge in [0.05, 0.1) is 17.9 Å². The molecule has 25 heavy (non-hydrogen) atoms. The van der Waals surface area contributed by atoms with E-state index in [9.17, 15) is 13.2 Å². The van der Waals surface area contributed by atoms with Crippen molar-refractivity contribution in [3.05, 3.63) is 24.3 Å².